The van der Waals surface area contributed by atoms with Gasteiger partial charge in [-0.05, 0) is 11.4 Å². The van der Waals surface area contributed by atoms with Gasteiger partial charge in [0.15, 0.2) is 5.82 Å². The van der Waals surface area contributed by atoms with Crippen molar-refractivity contribution in [1.29, 1.82) is 0 Å². The molecule has 0 aromatic carbocycles. The number of hydrogen-bond donors (Lipinski definition) is 1. The molecule has 68 valence electrons. The molecule has 0 saturated carbocycles. The number of aromatic nitrogens is 2. The largest absolute Gasteiger partial charge is 0.381 e. The van der Waals surface area contributed by atoms with Gasteiger partial charge < -0.3 is 5.73 Å². The van der Waals surface area contributed by atoms with E-state index in [4.69, 9.17) is 17.3 Å². The van der Waals surface area contributed by atoms with Gasteiger partial charge in [0.25, 0.3) is 0 Å². The Morgan fingerprint density at radius 2 is 2.46 bits per heavy atom. The first-order chi connectivity index (χ1) is 6.25. The van der Waals surface area contributed by atoms with E-state index in [1.165, 1.54) is 4.88 Å². The molecule has 0 amide bonds. The van der Waals surface area contributed by atoms with E-state index in [2.05, 4.69) is 11.2 Å². The van der Waals surface area contributed by atoms with Crippen molar-refractivity contribution < 1.29 is 0 Å². The van der Waals surface area contributed by atoms with E-state index in [1.54, 1.807) is 22.2 Å². The summed E-state index contributed by atoms with van der Waals surface area (Å²) in [6.07, 6.45) is 1.73. The van der Waals surface area contributed by atoms with Crippen LogP contribution in [0.15, 0.2) is 23.7 Å². The molecule has 0 aliphatic heterocycles. The van der Waals surface area contributed by atoms with Crippen molar-refractivity contribution in [3.8, 4) is 0 Å². The van der Waals surface area contributed by atoms with E-state index in [0.29, 0.717) is 10.8 Å². The van der Waals surface area contributed by atoms with Gasteiger partial charge >= 0.3 is 0 Å². The minimum atomic E-state index is 0.387. The molecule has 0 spiro atoms. The zero-order valence-corrected chi connectivity index (χ0v) is 8.35. The lowest BCUT2D eigenvalue weighted by Crippen LogP contribution is -1.99. The van der Waals surface area contributed by atoms with Gasteiger partial charge in [-0.3, -0.25) is 4.68 Å². The Bertz CT molecular complexity index is 374. The molecule has 0 atom stereocenters. The fourth-order valence-electron chi connectivity index (χ4n) is 1.06. The number of rotatable bonds is 2. The van der Waals surface area contributed by atoms with Crippen LogP contribution in [0.2, 0.25) is 5.02 Å². The van der Waals surface area contributed by atoms with Gasteiger partial charge in [0.2, 0.25) is 0 Å². The molecule has 0 aliphatic carbocycles. The first-order valence-corrected chi connectivity index (χ1v) is 5.02. The van der Waals surface area contributed by atoms with E-state index in [9.17, 15) is 0 Å². The lowest BCUT2D eigenvalue weighted by Gasteiger charge is -1.95. The Labute approximate surface area is 84.7 Å². The number of hydrogen-bond acceptors (Lipinski definition) is 3. The maximum absolute atomic E-state index is 5.76. The summed E-state index contributed by atoms with van der Waals surface area (Å²) in [5.74, 6) is 0.387. The summed E-state index contributed by atoms with van der Waals surface area (Å²) in [4.78, 5) is 1.24. The van der Waals surface area contributed by atoms with Gasteiger partial charge in [-0.2, -0.15) is 5.10 Å². The molecule has 0 fully saturated rings. The first kappa shape index (κ1) is 8.59. The van der Waals surface area contributed by atoms with Crippen LogP contribution >= 0.6 is 22.9 Å². The maximum atomic E-state index is 5.76. The van der Waals surface area contributed by atoms with Crippen molar-refractivity contribution in [2.45, 2.75) is 6.54 Å². The second-order valence-corrected chi connectivity index (χ2v) is 4.08. The smallest absolute Gasteiger partial charge is 0.164 e. The minimum Gasteiger partial charge on any atom is -0.381 e. The Morgan fingerprint density at radius 3 is 3.00 bits per heavy atom. The number of nitrogens with zero attached hydrogens (tertiary/aromatic N) is 2. The lowest BCUT2D eigenvalue weighted by atomic mass is 10.5. The van der Waals surface area contributed by atoms with Crippen LogP contribution in [0, 0.1) is 0 Å². The third-order valence-corrected chi connectivity index (χ3v) is 2.79. The number of anilines is 1. The van der Waals surface area contributed by atoms with E-state index in [0.717, 1.165) is 6.54 Å². The van der Waals surface area contributed by atoms with Crippen LogP contribution in [0.3, 0.4) is 0 Å². The highest BCUT2D eigenvalue weighted by molar-refractivity contribution is 7.09. The van der Waals surface area contributed by atoms with Gasteiger partial charge in [0.05, 0.1) is 6.54 Å². The van der Waals surface area contributed by atoms with Gasteiger partial charge in [-0.15, -0.1) is 11.3 Å². The third kappa shape index (κ3) is 1.84. The molecule has 0 radical (unpaired) electrons. The SMILES string of the molecule is Nc1nn(Cc2cccs2)cc1Cl. The van der Waals surface area contributed by atoms with E-state index in [-0.39, 0.29) is 0 Å². The maximum Gasteiger partial charge on any atom is 0.164 e. The fourth-order valence-corrected chi connectivity index (χ4v) is 1.90. The average Bonchev–Trinajstić information content (AvgIpc) is 2.64. The highest BCUT2D eigenvalue weighted by atomic mass is 35.5. The highest BCUT2D eigenvalue weighted by Gasteiger charge is 2.03. The predicted octanol–water partition coefficient (Wildman–Crippen LogP) is 2.23. The number of nitrogens with two attached hydrogens (primary N) is 1. The van der Waals surface area contributed by atoms with Crippen molar-refractivity contribution in [2.24, 2.45) is 0 Å². The molecule has 5 heteroatoms. The van der Waals surface area contributed by atoms with E-state index < -0.39 is 0 Å². The third-order valence-electron chi connectivity index (χ3n) is 1.64. The van der Waals surface area contributed by atoms with Crippen LogP contribution in [0.25, 0.3) is 0 Å². The number of halogens is 1. The summed E-state index contributed by atoms with van der Waals surface area (Å²) in [5.41, 5.74) is 5.51. The molecule has 2 aromatic heterocycles. The predicted molar refractivity (Wildman–Crippen MR) is 55.1 cm³/mol. The standard InChI is InChI=1S/C8H8ClN3S/c9-7-5-12(11-8(7)10)4-6-2-1-3-13-6/h1-3,5H,4H2,(H2,10,11). The molecular formula is C8H8ClN3S. The van der Waals surface area contributed by atoms with Crippen LogP contribution < -0.4 is 5.73 Å². The Balaban J connectivity index is 2.19. The van der Waals surface area contributed by atoms with E-state index >= 15 is 0 Å². The average molecular weight is 214 g/mol. The van der Waals surface area contributed by atoms with Crippen molar-refractivity contribution >= 4 is 28.8 Å². The topological polar surface area (TPSA) is 43.8 Å². The summed E-state index contributed by atoms with van der Waals surface area (Å²) in [5, 5.41) is 6.60. The molecule has 2 N–H and O–H groups in total. The van der Waals surface area contributed by atoms with Crippen LogP contribution in [0.1, 0.15) is 4.88 Å². The molecule has 0 saturated heterocycles. The van der Waals surface area contributed by atoms with Crippen LogP contribution in [-0.2, 0) is 6.54 Å². The quantitative estimate of drug-likeness (QED) is 0.832. The molecule has 0 unspecified atom stereocenters. The highest BCUT2D eigenvalue weighted by Crippen LogP contribution is 2.17. The number of thiophene rings is 1. The van der Waals surface area contributed by atoms with Crippen LogP contribution in [0.5, 0.6) is 0 Å². The molecule has 13 heavy (non-hydrogen) atoms. The Kier molecular flexibility index (Phi) is 2.24. The monoisotopic (exact) mass is 213 g/mol. The summed E-state index contributed by atoms with van der Waals surface area (Å²) in [6.45, 7) is 0.731. The van der Waals surface area contributed by atoms with Gasteiger partial charge in [-0.1, -0.05) is 17.7 Å². The second kappa shape index (κ2) is 3.40. The molecule has 2 aromatic rings. The van der Waals surface area contributed by atoms with Crippen molar-refractivity contribution in [3.63, 3.8) is 0 Å². The number of nitrogen functional groups attached to an aromatic ring is 1. The molecule has 3 nitrogen and oxygen atoms in total. The summed E-state index contributed by atoms with van der Waals surface area (Å²) in [6, 6.07) is 4.06. The normalized spacial score (nSPS) is 10.5. The van der Waals surface area contributed by atoms with Crippen molar-refractivity contribution in [1.82, 2.24) is 9.78 Å². The summed E-state index contributed by atoms with van der Waals surface area (Å²) in [7, 11) is 0. The van der Waals surface area contributed by atoms with Crippen LogP contribution in [-0.4, -0.2) is 9.78 Å². The van der Waals surface area contributed by atoms with Crippen molar-refractivity contribution in [2.75, 3.05) is 5.73 Å². The van der Waals surface area contributed by atoms with Gasteiger partial charge in [0, 0.05) is 11.1 Å². The molecule has 2 heterocycles. The van der Waals surface area contributed by atoms with E-state index in [1.807, 2.05) is 11.4 Å². The zero-order chi connectivity index (χ0) is 9.26. The molecule has 0 bridgehead atoms. The Hall–Kier alpha value is -1.00. The molecular weight excluding hydrogens is 206 g/mol. The molecule has 0 aliphatic rings. The van der Waals surface area contributed by atoms with Gasteiger partial charge in [-0.25, -0.2) is 0 Å². The summed E-state index contributed by atoms with van der Waals surface area (Å²) < 4.78 is 1.74. The van der Waals surface area contributed by atoms with Gasteiger partial charge in [0.1, 0.15) is 5.02 Å². The lowest BCUT2D eigenvalue weighted by molar-refractivity contribution is 0.698. The minimum absolute atomic E-state index is 0.387. The fraction of sp³-hybridized carbons (Fsp3) is 0.125. The zero-order valence-electron chi connectivity index (χ0n) is 6.77. The second-order valence-electron chi connectivity index (χ2n) is 2.64. The Morgan fingerprint density at radius 1 is 1.62 bits per heavy atom. The first-order valence-electron chi connectivity index (χ1n) is 3.76. The molecule has 2 rings (SSSR count). The van der Waals surface area contributed by atoms with Crippen LogP contribution in [0.4, 0.5) is 5.82 Å². The summed E-state index contributed by atoms with van der Waals surface area (Å²) >= 11 is 7.45. The van der Waals surface area contributed by atoms with Crippen molar-refractivity contribution in [3.05, 3.63) is 33.6 Å².